The minimum absolute atomic E-state index is 0.0303. The second-order valence-electron chi connectivity index (χ2n) is 5.29. The van der Waals surface area contributed by atoms with Gasteiger partial charge < -0.3 is 14.4 Å². The van der Waals surface area contributed by atoms with Crippen molar-refractivity contribution >= 4 is 6.09 Å². The summed E-state index contributed by atoms with van der Waals surface area (Å²) in [5.41, 5.74) is 2.53. The Morgan fingerprint density at radius 3 is 2.75 bits per heavy atom. The predicted molar refractivity (Wildman–Crippen MR) is 76.0 cm³/mol. The fraction of sp³-hybridized carbons (Fsp3) is 0.333. The average Bonchev–Trinajstić information content (AvgIpc) is 3.00. The van der Waals surface area contributed by atoms with Gasteiger partial charge in [-0.25, -0.2) is 4.79 Å². The van der Waals surface area contributed by atoms with Crippen LogP contribution < -0.4 is 4.74 Å². The Morgan fingerprint density at radius 2 is 2.04 bits per heavy atom. The number of nitrogens with zero attached hydrogens (tertiary/aromatic N) is 2. The fourth-order valence-electron chi connectivity index (χ4n) is 2.40. The number of aromatic amines is 1. The van der Waals surface area contributed by atoms with Crippen LogP contribution in [0.5, 0.6) is 5.75 Å². The lowest BCUT2D eigenvalue weighted by Gasteiger charge is -2.25. The van der Waals surface area contributed by atoms with Crippen LogP contribution in [-0.2, 0) is 24.3 Å². The number of ether oxygens (including phenoxy) is 2. The summed E-state index contributed by atoms with van der Waals surface area (Å²) in [7, 11) is 0. The van der Waals surface area contributed by atoms with Crippen molar-refractivity contribution < 1.29 is 27.4 Å². The van der Waals surface area contributed by atoms with Crippen molar-refractivity contribution in [1.82, 2.24) is 15.1 Å². The zero-order valence-corrected chi connectivity index (χ0v) is 12.5. The average molecular weight is 341 g/mol. The van der Waals surface area contributed by atoms with Crippen LogP contribution in [0.3, 0.4) is 0 Å². The largest absolute Gasteiger partial charge is 0.573 e. The van der Waals surface area contributed by atoms with E-state index >= 15 is 0 Å². The van der Waals surface area contributed by atoms with Crippen LogP contribution in [0.1, 0.15) is 16.8 Å². The normalized spacial score (nSPS) is 14.2. The number of carbonyl (C=O) groups is 1. The Balaban J connectivity index is 1.51. The maximum absolute atomic E-state index is 12.1. The summed E-state index contributed by atoms with van der Waals surface area (Å²) in [5.74, 6) is -0.319. The lowest BCUT2D eigenvalue weighted by molar-refractivity contribution is -0.274. The van der Waals surface area contributed by atoms with Gasteiger partial charge in [-0.15, -0.1) is 13.2 Å². The van der Waals surface area contributed by atoms with Crippen LogP contribution in [0.25, 0.3) is 0 Å². The molecule has 0 spiro atoms. The van der Waals surface area contributed by atoms with Gasteiger partial charge in [0.1, 0.15) is 12.4 Å². The summed E-state index contributed by atoms with van der Waals surface area (Å²) in [4.78, 5) is 13.6. The highest BCUT2D eigenvalue weighted by Gasteiger charge is 2.31. The predicted octanol–water partition coefficient (Wildman–Crippen LogP) is 3.00. The maximum Gasteiger partial charge on any atom is 0.573 e. The maximum atomic E-state index is 12.1. The third-order valence-electron chi connectivity index (χ3n) is 3.58. The summed E-state index contributed by atoms with van der Waals surface area (Å²) in [5, 5.41) is 6.76. The third kappa shape index (κ3) is 3.98. The molecule has 1 N–H and O–H groups in total. The number of amides is 1. The molecule has 1 aliphatic rings. The van der Waals surface area contributed by atoms with E-state index in [1.165, 1.54) is 24.3 Å². The molecule has 1 aromatic carbocycles. The van der Waals surface area contributed by atoms with Gasteiger partial charge in [0.2, 0.25) is 0 Å². The zero-order valence-electron chi connectivity index (χ0n) is 12.5. The molecule has 1 aliphatic heterocycles. The number of aromatic nitrogens is 2. The SMILES string of the molecule is O=C(OCc1ccc(OC(F)(F)F)cc1)N1CCc2cn[nH]c2C1. The molecule has 0 bridgehead atoms. The third-order valence-corrected chi connectivity index (χ3v) is 3.58. The van der Waals surface area contributed by atoms with Gasteiger partial charge in [-0.05, 0) is 29.7 Å². The van der Waals surface area contributed by atoms with Crippen LogP contribution in [-0.4, -0.2) is 34.1 Å². The molecule has 0 atom stereocenters. The summed E-state index contributed by atoms with van der Waals surface area (Å²) < 4.78 is 45.2. The van der Waals surface area contributed by atoms with E-state index in [1.807, 2.05) is 0 Å². The molecule has 0 saturated carbocycles. The van der Waals surface area contributed by atoms with Crippen LogP contribution in [0, 0.1) is 0 Å². The standard InChI is InChI=1S/C15H14F3N3O3/c16-15(17,18)24-12-3-1-10(2-4-12)9-23-14(22)21-6-5-11-7-19-20-13(11)8-21/h1-4,7H,5-6,8-9H2,(H,19,20). The number of carbonyl (C=O) groups excluding carboxylic acids is 1. The molecule has 9 heteroatoms. The Kier molecular flexibility index (Phi) is 4.32. The van der Waals surface area contributed by atoms with Gasteiger partial charge in [-0.3, -0.25) is 5.10 Å². The van der Waals surface area contributed by atoms with Crippen molar-refractivity contribution in [2.24, 2.45) is 0 Å². The van der Waals surface area contributed by atoms with Gasteiger partial charge in [0, 0.05) is 6.54 Å². The number of rotatable bonds is 3. The molecule has 3 rings (SSSR count). The summed E-state index contributed by atoms with van der Waals surface area (Å²) >= 11 is 0. The zero-order chi connectivity index (χ0) is 17.2. The molecule has 0 saturated heterocycles. The number of hydrogen-bond donors (Lipinski definition) is 1. The van der Waals surface area contributed by atoms with E-state index in [-0.39, 0.29) is 12.4 Å². The molecule has 128 valence electrons. The Hall–Kier alpha value is -2.71. The van der Waals surface area contributed by atoms with Crippen molar-refractivity contribution in [3.63, 3.8) is 0 Å². The van der Waals surface area contributed by atoms with Gasteiger partial charge in [-0.2, -0.15) is 5.10 Å². The van der Waals surface area contributed by atoms with Crippen LogP contribution in [0.15, 0.2) is 30.5 Å². The highest BCUT2D eigenvalue weighted by molar-refractivity contribution is 5.68. The molecule has 6 nitrogen and oxygen atoms in total. The molecule has 0 radical (unpaired) electrons. The number of nitrogens with one attached hydrogen (secondary N) is 1. The quantitative estimate of drug-likeness (QED) is 0.932. The monoisotopic (exact) mass is 341 g/mol. The number of hydrogen-bond acceptors (Lipinski definition) is 4. The van der Waals surface area contributed by atoms with Crippen LogP contribution in [0.2, 0.25) is 0 Å². The first-order valence-electron chi connectivity index (χ1n) is 7.18. The van der Waals surface area contributed by atoms with Crippen LogP contribution in [0.4, 0.5) is 18.0 Å². The second kappa shape index (κ2) is 6.42. The van der Waals surface area contributed by atoms with E-state index < -0.39 is 12.5 Å². The molecule has 0 unspecified atom stereocenters. The number of halogens is 3. The molecule has 1 amide bonds. The van der Waals surface area contributed by atoms with E-state index in [1.54, 1.807) is 11.1 Å². The van der Waals surface area contributed by atoms with Gasteiger partial charge >= 0.3 is 12.5 Å². The van der Waals surface area contributed by atoms with E-state index in [0.29, 0.717) is 25.1 Å². The van der Waals surface area contributed by atoms with Crippen molar-refractivity contribution in [3.8, 4) is 5.75 Å². The lowest BCUT2D eigenvalue weighted by atomic mass is 10.1. The second-order valence-corrected chi connectivity index (χ2v) is 5.29. The molecular formula is C15H14F3N3O3. The highest BCUT2D eigenvalue weighted by Crippen LogP contribution is 2.23. The highest BCUT2D eigenvalue weighted by atomic mass is 19.4. The van der Waals surface area contributed by atoms with Crippen LogP contribution >= 0.6 is 0 Å². The minimum Gasteiger partial charge on any atom is -0.445 e. The Bertz CT molecular complexity index is 713. The minimum atomic E-state index is -4.73. The summed E-state index contributed by atoms with van der Waals surface area (Å²) in [6.45, 7) is 0.897. The van der Waals surface area contributed by atoms with Gasteiger partial charge in [0.25, 0.3) is 0 Å². The lowest BCUT2D eigenvalue weighted by Crippen LogP contribution is -2.36. The molecule has 1 aromatic heterocycles. The van der Waals surface area contributed by atoms with Crippen molar-refractivity contribution in [3.05, 3.63) is 47.3 Å². The smallest absolute Gasteiger partial charge is 0.445 e. The molecule has 0 fully saturated rings. The van der Waals surface area contributed by atoms with E-state index in [4.69, 9.17) is 4.74 Å². The van der Waals surface area contributed by atoms with E-state index in [9.17, 15) is 18.0 Å². The number of benzene rings is 1. The number of H-pyrrole nitrogens is 1. The van der Waals surface area contributed by atoms with Crippen molar-refractivity contribution in [1.29, 1.82) is 0 Å². The molecule has 0 aliphatic carbocycles. The van der Waals surface area contributed by atoms with Gasteiger partial charge in [0.05, 0.1) is 18.4 Å². The summed E-state index contributed by atoms with van der Waals surface area (Å²) in [6.07, 6.45) is -2.77. The number of alkyl halides is 3. The first-order chi connectivity index (χ1) is 11.4. The van der Waals surface area contributed by atoms with Crippen molar-refractivity contribution in [2.75, 3.05) is 6.54 Å². The Labute approximate surface area is 135 Å². The van der Waals surface area contributed by atoms with Gasteiger partial charge in [0.15, 0.2) is 0 Å². The molecule has 2 heterocycles. The topological polar surface area (TPSA) is 67.5 Å². The molecular weight excluding hydrogens is 327 g/mol. The Morgan fingerprint density at radius 1 is 1.29 bits per heavy atom. The number of fused-ring (bicyclic) bond motifs is 1. The first kappa shape index (κ1) is 16.2. The van der Waals surface area contributed by atoms with Gasteiger partial charge in [-0.1, -0.05) is 12.1 Å². The van der Waals surface area contributed by atoms with E-state index in [0.717, 1.165) is 11.3 Å². The summed E-state index contributed by atoms with van der Waals surface area (Å²) in [6, 6.07) is 5.18. The molecule has 2 aromatic rings. The first-order valence-corrected chi connectivity index (χ1v) is 7.18. The molecule has 24 heavy (non-hydrogen) atoms. The fourth-order valence-corrected chi connectivity index (χ4v) is 2.40. The van der Waals surface area contributed by atoms with Crippen molar-refractivity contribution in [2.45, 2.75) is 25.9 Å². The van der Waals surface area contributed by atoms with E-state index in [2.05, 4.69) is 14.9 Å².